The third-order valence-electron chi connectivity index (χ3n) is 3.76. The van der Waals surface area contributed by atoms with Crippen molar-refractivity contribution in [3.8, 4) is 11.1 Å². The number of hydrogen-bond acceptors (Lipinski definition) is 2. The number of benzene rings is 2. The molecule has 0 unspecified atom stereocenters. The van der Waals surface area contributed by atoms with Gasteiger partial charge in [0.05, 0.1) is 17.4 Å². The number of imidazole rings is 1. The molecule has 2 aromatic heterocycles. The zero-order valence-corrected chi connectivity index (χ0v) is 13.6. The summed E-state index contributed by atoms with van der Waals surface area (Å²) in [4.78, 5) is 4.48. The van der Waals surface area contributed by atoms with E-state index in [9.17, 15) is 0 Å². The largest absolute Gasteiger partial charge is 0.334 e. The molecule has 0 fully saturated rings. The van der Waals surface area contributed by atoms with Gasteiger partial charge in [0, 0.05) is 24.5 Å². The van der Waals surface area contributed by atoms with Crippen molar-refractivity contribution in [1.82, 2.24) is 19.7 Å². The van der Waals surface area contributed by atoms with Gasteiger partial charge in [-0.05, 0) is 31.5 Å². The molecule has 23 heavy (non-hydrogen) atoms. The second-order valence-electron chi connectivity index (χ2n) is 5.63. The van der Waals surface area contributed by atoms with Crippen LogP contribution in [0.25, 0.3) is 22.2 Å². The van der Waals surface area contributed by atoms with Gasteiger partial charge >= 0.3 is 0 Å². The highest BCUT2D eigenvalue weighted by Crippen LogP contribution is 2.27. The van der Waals surface area contributed by atoms with E-state index >= 15 is 0 Å². The Morgan fingerprint density at radius 1 is 0.957 bits per heavy atom. The fourth-order valence-corrected chi connectivity index (χ4v) is 2.45. The molecule has 0 spiro atoms. The van der Waals surface area contributed by atoms with Gasteiger partial charge in [-0.25, -0.2) is 4.98 Å². The first kappa shape index (κ1) is 15.0. The van der Waals surface area contributed by atoms with Crippen LogP contribution in [0.1, 0.15) is 11.3 Å². The first-order valence-corrected chi connectivity index (χ1v) is 7.58. The molecule has 4 aromatic rings. The van der Waals surface area contributed by atoms with Gasteiger partial charge in [-0.15, -0.1) is 0 Å². The number of nitrogens with one attached hydrogen (secondary N) is 1. The molecule has 4 heteroatoms. The monoisotopic (exact) mass is 304 g/mol. The maximum Gasteiger partial charge on any atom is 0.0962 e. The van der Waals surface area contributed by atoms with Crippen molar-refractivity contribution >= 4 is 11.0 Å². The molecule has 2 aromatic carbocycles. The Balaban J connectivity index is 0.000000220. The third kappa shape index (κ3) is 3.31. The molecular weight excluding hydrogens is 284 g/mol. The number of para-hydroxylation sites is 1. The van der Waals surface area contributed by atoms with E-state index in [0.29, 0.717) is 0 Å². The highest BCUT2D eigenvalue weighted by atomic mass is 15.1. The minimum atomic E-state index is 1.07. The average molecular weight is 304 g/mol. The number of H-pyrrole nitrogens is 1. The van der Waals surface area contributed by atoms with Crippen molar-refractivity contribution in [3.63, 3.8) is 0 Å². The van der Waals surface area contributed by atoms with Gasteiger partial charge in [-0.3, -0.25) is 5.10 Å². The molecule has 0 aliphatic heterocycles. The predicted octanol–water partition coefficient (Wildman–Crippen LogP) is 4.27. The zero-order valence-electron chi connectivity index (χ0n) is 13.6. The Labute approximate surface area is 135 Å². The molecule has 4 nitrogen and oxygen atoms in total. The second-order valence-corrected chi connectivity index (χ2v) is 5.63. The summed E-state index contributed by atoms with van der Waals surface area (Å²) in [6.45, 7) is 4.07. The SMILES string of the molecule is Cc1ccc(-c2cccc3c2ncn3C)cc1.Cc1ccn[nH]1. The normalized spacial score (nSPS) is 10.4. The fraction of sp³-hybridized carbons (Fsp3) is 0.158. The Bertz CT molecular complexity index is 887. The summed E-state index contributed by atoms with van der Waals surface area (Å²) in [7, 11) is 2.02. The van der Waals surface area contributed by atoms with Gasteiger partial charge in [0.25, 0.3) is 0 Å². The average Bonchev–Trinajstić information content (AvgIpc) is 3.18. The Kier molecular flexibility index (Phi) is 4.24. The molecule has 4 rings (SSSR count). The lowest BCUT2D eigenvalue weighted by molar-refractivity contribution is 0.948. The van der Waals surface area contributed by atoms with E-state index in [0.717, 1.165) is 11.2 Å². The molecule has 2 heterocycles. The third-order valence-corrected chi connectivity index (χ3v) is 3.76. The van der Waals surface area contributed by atoms with Gasteiger partial charge in [-0.1, -0.05) is 42.0 Å². The van der Waals surface area contributed by atoms with Crippen molar-refractivity contribution in [2.45, 2.75) is 13.8 Å². The van der Waals surface area contributed by atoms with E-state index in [1.165, 1.54) is 22.2 Å². The van der Waals surface area contributed by atoms with Crippen LogP contribution in [0.5, 0.6) is 0 Å². The maximum absolute atomic E-state index is 4.48. The van der Waals surface area contributed by atoms with Gasteiger partial charge in [0.15, 0.2) is 0 Å². The second kappa shape index (κ2) is 6.48. The number of hydrogen-bond donors (Lipinski definition) is 1. The predicted molar refractivity (Wildman–Crippen MR) is 94.2 cm³/mol. The van der Waals surface area contributed by atoms with E-state index in [1.807, 2.05) is 30.9 Å². The van der Waals surface area contributed by atoms with Crippen LogP contribution in [0.2, 0.25) is 0 Å². The molecule has 0 saturated carbocycles. The van der Waals surface area contributed by atoms with Crippen LogP contribution in [-0.2, 0) is 7.05 Å². The lowest BCUT2D eigenvalue weighted by Gasteiger charge is -2.04. The van der Waals surface area contributed by atoms with Crippen LogP contribution in [-0.4, -0.2) is 19.7 Å². The summed E-state index contributed by atoms with van der Waals surface area (Å²) < 4.78 is 2.05. The number of fused-ring (bicyclic) bond motifs is 1. The summed E-state index contributed by atoms with van der Waals surface area (Å²) in [5.74, 6) is 0. The lowest BCUT2D eigenvalue weighted by atomic mass is 10.0. The highest BCUT2D eigenvalue weighted by molar-refractivity contribution is 5.92. The van der Waals surface area contributed by atoms with Crippen LogP contribution in [0.3, 0.4) is 0 Å². The molecule has 0 aliphatic carbocycles. The number of aromatic amines is 1. The molecular formula is C19H20N4. The van der Waals surface area contributed by atoms with Crippen LogP contribution < -0.4 is 0 Å². The van der Waals surface area contributed by atoms with Crippen LogP contribution in [0.4, 0.5) is 0 Å². The van der Waals surface area contributed by atoms with Crippen molar-refractivity contribution < 1.29 is 0 Å². The highest BCUT2D eigenvalue weighted by Gasteiger charge is 2.06. The minimum Gasteiger partial charge on any atom is -0.334 e. The number of rotatable bonds is 1. The number of aryl methyl sites for hydroxylation is 3. The Morgan fingerprint density at radius 3 is 2.35 bits per heavy atom. The van der Waals surface area contributed by atoms with E-state index in [4.69, 9.17) is 0 Å². The first-order chi connectivity index (χ1) is 11.1. The summed E-state index contributed by atoms with van der Waals surface area (Å²) >= 11 is 0. The van der Waals surface area contributed by atoms with Crippen molar-refractivity contribution in [3.05, 3.63) is 72.3 Å². The molecule has 0 aliphatic rings. The molecule has 0 radical (unpaired) electrons. The summed E-state index contributed by atoms with van der Waals surface area (Å²) in [6, 6.07) is 16.8. The van der Waals surface area contributed by atoms with Crippen LogP contribution in [0.15, 0.2) is 61.1 Å². The standard InChI is InChI=1S/C15H14N2.C4H6N2/c1-11-6-8-12(9-7-11)13-4-3-5-14-15(13)16-10-17(14)2;1-4-2-3-5-6-4/h3-10H,1-2H3;2-3H,1H3,(H,5,6). The van der Waals surface area contributed by atoms with E-state index in [1.54, 1.807) is 6.20 Å². The zero-order chi connectivity index (χ0) is 16.2. The molecule has 0 atom stereocenters. The van der Waals surface area contributed by atoms with Crippen LogP contribution in [0, 0.1) is 13.8 Å². The molecule has 0 saturated heterocycles. The van der Waals surface area contributed by atoms with Crippen LogP contribution >= 0.6 is 0 Å². The van der Waals surface area contributed by atoms with Gasteiger partial charge in [0.2, 0.25) is 0 Å². The van der Waals surface area contributed by atoms with Crippen molar-refractivity contribution in [2.75, 3.05) is 0 Å². The smallest absolute Gasteiger partial charge is 0.0962 e. The van der Waals surface area contributed by atoms with Gasteiger partial charge in [-0.2, -0.15) is 5.10 Å². The molecule has 0 amide bonds. The van der Waals surface area contributed by atoms with Gasteiger partial charge in [0.1, 0.15) is 0 Å². The number of aromatic nitrogens is 4. The Hall–Kier alpha value is -2.88. The minimum absolute atomic E-state index is 1.07. The van der Waals surface area contributed by atoms with E-state index in [-0.39, 0.29) is 0 Å². The molecule has 1 N–H and O–H groups in total. The fourth-order valence-electron chi connectivity index (χ4n) is 2.45. The topological polar surface area (TPSA) is 46.5 Å². The van der Waals surface area contributed by atoms with Gasteiger partial charge < -0.3 is 4.57 Å². The molecule has 116 valence electrons. The van der Waals surface area contributed by atoms with Crippen molar-refractivity contribution in [1.29, 1.82) is 0 Å². The van der Waals surface area contributed by atoms with E-state index < -0.39 is 0 Å². The lowest BCUT2D eigenvalue weighted by Crippen LogP contribution is -1.85. The van der Waals surface area contributed by atoms with E-state index in [2.05, 4.69) is 64.6 Å². The number of nitrogens with zero attached hydrogens (tertiary/aromatic N) is 3. The summed E-state index contributed by atoms with van der Waals surface area (Å²) in [5, 5.41) is 6.45. The Morgan fingerprint density at radius 2 is 1.74 bits per heavy atom. The summed E-state index contributed by atoms with van der Waals surface area (Å²) in [5.41, 5.74) is 7.04. The van der Waals surface area contributed by atoms with Crippen molar-refractivity contribution in [2.24, 2.45) is 7.05 Å². The quantitative estimate of drug-likeness (QED) is 0.571. The maximum atomic E-state index is 4.48. The molecule has 0 bridgehead atoms. The summed E-state index contributed by atoms with van der Waals surface area (Å²) in [6.07, 6.45) is 3.59. The first-order valence-electron chi connectivity index (χ1n) is 7.58.